The van der Waals surface area contributed by atoms with E-state index in [0.29, 0.717) is 11.5 Å². The normalized spacial score (nSPS) is 14.2. The van der Waals surface area contributed by atoms with Crippen molar-refractivity contribution in [3.63, 3.8) is 0 Å². The molecular weight excluding hydrogens is 200 g/mol. The van der Waals surface area contributed by atoms with Crippen molar-refractivity contribution < 1.29 is 18.7 Å². The molecular formula is C10H16O5. The smallest absolute Gasteiger partial charge is 0.396 e. The molecule has 0 spiro atoms. The van der Waals surface area contributed by atoms with Gasteiger partial charge in [-0.1, -0.05) is 20.8 Å². The van der Waals surface area contributed by atoms with Crippen molar-refractivity contribution in [2.24, 2.45) is 5.41 Å². The van der Waals surface area contributed by atoms with Gasteiger partial charge in [-0.2, -0.15) is 0 Å². The second-order valence-electron chi connectivity index (χ2n) is 4.46. The molecule has 86 valence electrons. The molecule has 0 radical (unpaired) electrons. The first-order valence-electron chi connectivity index (χ1n) is 4.70. The Morgan fingerprint density at radius 1 is 1.40 bits per heavy atom. The van der Waals surface area contributed by atoms with Gasteiger partial charge in [0, 0.05) is 5.41 Å². The summed E-state index contributed by atoms with van der Waals surface area (Å²) in [5.74, 6) is -0.0687. The Morgan fingerprint density at radius 3 is 2.40 bits per heavy atom. The maximum Gasteiger partial charge on any atom is 0.519 e. The molecule has 0 saturated carbocycles. The van der Waals surface area contributed by atoms with Gasteiger partial charge >= 0.3 is 5.82 Å². The first kappa shape index (κ1) is 12.0. The highest BCUT2D eigenvalue weighted by molar-refractivity contribution is 4.98. The quantitative estimate of drug-likeness (QED) is 0.773. The zero-order valence-corrected chi connectivity index (χ0v) is 9.36. The van der Waals surface area contributed by atoms with Crippen molar-refractivity contribution in [2.45, 2.75) is 40.6 Å². The summed E-state index contributed by atoms with van der Waals surface area (Å²) in [4.78, 5) is 10.7. The number of aliphatic hydroxyl groups excluding tert-OH is 1. The Morgan fingerprint density at radius 2 is 2.00 bits per heavy atom. The molecule has 0 aromatic carbocycles. The van der Waals surface area contributed by atoms with Gasteiger partial charge in [-0.25, -0.2) is 4.79 Å². The molecule has 1 N–H and O–H groups in total. The average molecular weight is 216 g/mol. The molecule has 0 aliphatic heterocycles. The SMILES string of the molecule is Cc1oc(=O)oc1COC(O)C(C)(C)C. The van der Waals surface area contributed by atoms with E-state index < -0.39 is 12.1 Å². The molecule has 1 atom stereocenters. The van der Waals surface area contributed by atoms with Gasteiger partial charge in [0.1, 0.15) is 12.4 Å². The predicted molar refractivity (Wildman–Crippen MR) is 52.2 cm³/mol. The minimum atomic E-state index is -0.919. The van der Waals surface area contributed by atoms with Crippen LogP contribution in [-0.4, -0.2) is 11.4 Å². The monoisotopic (exact) mass is 216 g/mol. The molecule has 0 amide bonds. The van der Waals surface area contributed by atoms with Gasteiger partial charge in [-0.05, 0) is 6.92 Å². The first-order valence-corrected chi connectivity index (χ1v) is 4.70. The molecule has 0 fully saturated rings. The zero-order valence-electron chi connectivity index (χ0n) is 9.36. The van der Waals surface area contributed by atoms with Crippen LogP contribution in [0.5, 0.6) is 0 Å². The van der Waals surface area contributed by atoms with E-state index in [9.17, 15) is 9.90 Å². The highest BCUT2D eigenvalue weighted by atomic mass is 16.6. The van der Waals surface area contributed by atoms with Gasteiger partial charge in [-0.15, -0.1) is 0 Å². The topological polar surface area (TPSA) is 72.8 Å². The van der Waals surface area contributed by atoms with E-state index in [-0.39, 0.29) is 12.0 Å². The molecule has 0 aliphatic carbocycles. The van der Waals surface area contributed by atoms with Crippen LogP contribution in [0.15, 0.2) is 13.6 Å². The first-order chi connectivity index (χ1) is 6.80. The summed E-state index contributed by atoms with van der Waals surface area (Å²) >= 11 is 0. The van der Waals surface area contributed by atoms with Crippen LogP contribution < -0.4 is 5.82 Å². The zero-order chi connectivity index (χ0) is 11.6. The van der Waals surface area contributed by atoms with Gasteiger partial charge in [0.15, 0.2) is 12.1 Å². The van der Waals surface area contributed by atoms with Gasteiger partial charge in [0.2, 0.25) is 0 Å². The van der Waals surface area contributed by atoms with Crippen molar-refractivity contribution in [1.29, 1.82) is 0 Å². The van der Waals surface area contributed by atoms with E-state index in [0.717, 1.165) is 0 Å². The van der Waals surface area contributed by atoms with Crippen molar-refractivity contribution in [2.75, 3.05) is 0 Å². The van der Waals surface area contributed by atoms with Crippen LogP contribution in [0.2, 0.25) is 0 Å². The van der Waals surface area contributed by atoms with E-state index in [1.165, 1.54) is 0 Å². The summed E-state index contributed by atoms with van der Waals surface area (Å²) in [6.45, 7) is 7.16. The van der Waals surface area contributed by atoms with E-state index in [4.69, 9.17) is 9.15 Å². The van der Waals surface area contributed by atoms with Gasteiger partial charge in [0.05, 0.1) is 0 Å². The van der Waals surface area contributed by atoms with Gasteiger partial charge in [0.25, 0.3) is 0 Å². The highest BCUT2D eigenvalue weighted by Gasteiger charge is 2.23. The van der Waals surface area contributed by atoms with Crippen LogP contribution in [0.4, 0.5) is 0 Å². The van der Waals surface area contributed by atoms with Crippen LogP contribution in [0.25, 0.3) is 0 Å². The van der Waals surface area contributed by atoms with Gasteiger partial charge < -0.3 is 18.7 Å². The third-order valence-corrected chi connectivity index (χ3v) is 1.95. The molecule has 0 bridgehead atoms. The molecule has 1 unspecified atom stereocenters. The van der Waals surface area contributed by atoms with Crippen molar-refractivity contribution >= 4 is 0 Å². The standard InChI is InChI=1S/C10H16O5/c1-6-7(15-9(12)14-6)5-13-8(11)10(2,3)4/h8,11H,5H2,1-4H3. The number of hydrogen-bond acceptors (Lipinski definition) is 5. The van der Waals surface area contributed by atoms with E-state index in [1.54, 1.807) is 6.92 Å². The summed E-state index contributed by atoms with van der Waals surface area (Å²) in [5.41, 5.74) is -0.377. The summed E-state index contributed by atoms with van der Waals surface area (Å²) in [6.07, 6.45) is -0.919. The summed E-state index contributed by atoms with van der Waals surface area (Å²) in [5, 5.41) is 9.57. The van der Waals surface area contributed by atoms with Crippen LogP contribution in [0.1, 0.15) is 32.3 Å². The van der Waals surface area contributed by atoms with E-state index >= 15 is 0 Å². The Labute approximate surface area is 87.7 Å². The molecule has 5 heteroatoms. The molecule has 1 heterocycles. The van der Waals surface area contributed by atoms with Crippen molar-refractivity contribution in [3.05, 3.63) is 22.1 Å². The highest BCUT2D eigenvalue weighted by Crippen LogP contribution is 2.21. The summed E-state index contributed by atoms with van der Waals surface area (Å²) < 4.78 is 14.5. The fourth-order valence-electron chi connectivity index (χ4n) is 0.911. The number of hydrogen-bond donors (Lipinski definition) is 1. The maximum atomic E-state index is 10.7. The predicted octanol–water partition coefficient (Wildman–Crippen LogP) is 1.42. The van der Waals surface area contributed by atoms with Crippen molar-refractivity contribution in [1.82, 2.24) is 0 Å². The average Bonchev–Trinajstić information content (AvgIpc) is 2.39. The van der Waals surface area contributed by atoms with Crippen LogP contribution in [-0.2, 0) is 11.3 Å². The molecule has 1 aromatic heterocycles. The number of rotatable bonds is 3. The van der Waals surface area contributed by atoms with Crippen LogP contribution in [0, 0.1) is 12.3 Å². The second kappa shape index (κ2) is 4.20. The molecule has 1 rings (SSSR count). The molecule has 15 heavy (non-hydrogen) atoms. The molecule has 5 nitrogen and oxygen atoms in total. The maximum absolute atomic E-state index is 10.7. The lowest BCUT2D eigenvalue weighted by Gasteiger charge is -2.25. The largest absolute Gasteiger partial charge is 0.519 e. The van der Waals surface area contributed by atoms with Gasteiger partial charge in [-0.3, -0.25) is 0 Å². The molecule has 1 aromatic rings. The minimum Gasteiger partial charge on any atom is -0.396 e. The summed E-state index contributed by atoms with van der Waals surface area (Å²) in [7, 11) is 0. The Balaban J connectivity index is 2.58. The minimum absolute atomic E-state index is 0.0238. The fraction of sp³-hybridized carbons (Fsp3) is 0.700. The van der Waals surface area contributed by atoms with Crippen molar-refractivity contribution in [3.8, 4) is 0 Å². The fourth-order valence-corrected chi connectivity index (χ4v) is 0.911. The summed E-state index contributed by atoms with van der Waals surface area (Å²) in [6, 6.07) is 0. The Bertz CT molecular complexity index is 368. The number of aliphatic hydroxyl groups is 1. The lowest BCUT2D eigenvalue weighted by atomic mass is 9.96. The third kappa shape index (κ3) is 3.21. The second-order valence-corrected chi connectivity index (χ2v) is 4.46. The lowest BCUT2D eigenvalue weighted by molar-refractivity contribution is -0.169. The Hall–Kier alpha value is -1.07. The number of aryl methyl sites for hydroxylation is 1. The van der Waals surface area contributed by atoms with E-state index in [1.807, 2.05) is 20.8 Å². The molecule has 0 aliphatic rings. The third-order valence-electron chi connectivity index (χ3n) is 1.95. The Kier molecular flexibility index (Phi) is 3.36. The van der Waals surface area contributed by atoms with Crippen LogP contribution in [0.3, 0.4) is 0 Å². The molecule has 0 saturated heterocycles. The van der Waals surface area contributed by atoms with Crippen LogP contribution >= 0.6 is 0 Å². The number of ether oxygens (including phenoxy) is 1. The lowest BCUT2D eigenvalue weighted by Crippen LogP contribution is -2.28. The van der Waals surface area contributed by atoms with E-state index in [2.05, 4.69) is 4.42 Å².